The lowest BCUT2D eigenvalue weighted by Crippen LogP contribution is -2.46. The van der Waals surface area contributed by atoms with Crippen molar-refractivity contribution in [1.82, 2.24) is 5.32 Å². The van der Waals surface area contributed by atoms with Gasteiger partial charge in [-0.15, -0.1) is 0 Å². The normalized spacial score (nSPS) is 10.3. The van der Waals surface area contributed by atoms with Crippen molar-refractivity contribution >= 4 is 46.7 Å². The van der Waals surface area contributed by atoms with Gasteiger partial charge in [-0.25, -0.2) is 4.79 Å². The number of methoxy groups -OCH3 is 1. The number of para-hydroxylation sites is 1. The number of hydrogen-bond acceptors (Lipinski definition) is 7. The number of nitrogens with zero attached hydrogens (tertiary/aromatic N) is 2. The smallest absolute Gasteiger partial charge is 0.319 e. The summed E-state index contributed by atoms with van der Waals surface area (Å²) >= 11 is 0. The summed E-state index contributed by atoms with van der Waals surface area (Å²) in [7, 11) is 3.10. The van der Waals surface area contributed by atoms with Crippen LogP contribution in [0, 0.1) is 0 Å². The summed E-state index contributed by atoms with van der Waals surface area (Å²) < 4.78 is 10.9. The number of amides is 4. The molecule has 0 aromatic heterocycles. The van der Waals surface area contributed by atoms with E-state index in [1.807, 2.05) is 6.07 Å². The number of carbonyl (C=O) groups excluding carboxylic acids is 4. The van der Waals surface area contributed by atoms with Crippen molar-refractivity contribution in [2.24, 2.45) is 0 Å². The number of hydrogen-bond donors (Lipinski definition) is 3. The van der Waals surface area contributed by atoms with Crippen molar-refractivity contribution < 1.29 is 38.6 Å². The van der Waals surface area contributed by atoms with Gasteiger partial charge >= 0.3 is 12.0 Å². The second-order valence-electron chi connectivity index (χ2n) is 10.3. The lowest BCUT2D eigenvalue weighted by molar-refractivity contribution is -0.136. The van der Waals surface area contributed by atoms with Crippen LogP contribution in [-0.4, -0.2) is 68.6 Å². The van der Waals surface area contributed by atoms with E-state index >= 15 is 0 Å². The van der Waals surface area contributed by atoms with Crippen molar-refractivity contribution in [1.29, 1.82) is 0 Å². The summed E-state index contributed by atoms with van der Waals surface area (Å²) in [6.07, 6.45) is -0.214. The van der Waals surface area contributed by atoms with Crippen molar-refractivity contribution in [3.63, 3.8) is 0 Å². The first-order valence-corrected chi connectivity index (χ1v) is 14.5. The Labute approximate surface area is 271 Å². The van der Waals surface area contributed by atoms with Gasteiger partial charge in [0.25, 0.3) is 0 Å². The molecule has 242 valence electrons. The predicted octanol–water partition coefficient (Wildman–Crippen LogP) is 4.40. The van der Waals surface area contributed by atoms with Crippen LogP contribution >= 0.6 is 0 Å². The third-order valence-electron chi connectivity index (χ3n) is 6.94. The number of urea groups is 1. The first-order valence-electron chi connectivity index (χ1n) is 14.5. The maximum atomic E-state index is 13.5. The molecule has 0 atom stereocenters. The molecule has 4 amide bonds. The second-order valence-corrected chi connectivity index (χ2v) is 10.3. The highest BCUT2D eigenvalue weighted by atomic mass is 16.5. The van der Waals surface area contributed by atoms with Gasteiger partial charge in [0.05, 0.1) is 20.1 Å². The molecular formula is C35H34N4O8. The molecule has 12 heteroatoms. The van der Waals surface area contributed by atoms with Gasteiger partial charge in [-0.3, -0.25) is 19.2 Å². The van der Waals surface area contributed by atoms with E-state index in [1.54, 1.807) is 92.0 Å². The van der Waals surface area contributed by atoms with Crippen LogP contribution in [0.4, 0.5) is 21.9 Å². The molecular weight excluding hydrogens is 604 g/mol. The van der Waals surface area contributed by atoms with E-state index in [2.05, 4.69) is 10.6 Å². The molecule has 0 saturated heterocycles. The summed E-state index contributed by atoms with van der Waals surface area (Å²) in [6.45, 7) is -1.12. The largest absolute Gasteiger partial charge is 0.497 e. The van der Waals surface area contributed by atoms with Crippen LogP contribution in [-0.2, 0) is 20.8 Å². The fraction of sp³-hybridized carbons (Fsp3) is 0.171. The quantitative estimate of drug-likeness (QED) is 0.172. The molecule has 0 spiro atoms. The molecule has 0 aliphatic rings. The molecule has 4 rings (SSSR count). The van der Waals surface area contributed by atoms with E-state index in [4.69, 9.17) is 14.6 Å². The first kappa shape index (κ1) is 33.7. The van der Waals surface area contributed by atoms with Crippen LogP contribution in [0.1, 0.15) is 15.9 Å². The number of carboxylic acid groups (broad SMARTS) is 1. The lowest BCUT2D eigenvalue weighted by atomic mass is 10.1. The van der Waals surface area contributed by atoms with E-state index in [9.17, 15) is 24.0 Å². The van der Waals surface area contributed by atoms with Crippen molar-refractivity contribution in [3.05, 3.63) is 114 Å². The summed E-state index contributed by atoms with van der Waals surface area (Å²) in [4.78, 5) is 65.9. The number of carbonyl (C=O) groups is 5. The van der Waals surface area contributed by atoms with E-state index in [-0.39, 0.29) is 31.1 Å². The number of Topliss-reactive ketones (excluding diaryl/α,β-unsaturated/α-hetero) is 1. The van der Waals surface area contributed by atoms with E-state index in [0.29, 0.717) is 33.9 Å². The Morgan fingerprint density at radius 3 is 2.21 bits per heavy atom. The fourth-order valence-electron chi connectivity index (χ4n) is 4.49. The zero-order chi connectivity index (χ0) is 33.8. The maximum absolute atomic E-state index is 13.5. The third-order valence-corrected chi connectivity index (χ3v) is 6.94. The molecule has 4 aromatic carbocycles. The Morgan fingerprint density at radius 2 is 1.47 bits per heavy atom. The number of benzene rings is 4. The number of likely N-dealkylation sites (N-methyl/N-ethyl adjacent to an activating group) is 1. The van der Waals surface area contributed by atoms with Gasteiger partial charge in [-0.1, -0.05) is 48.5 Å². The van der Waals surface area contributed by atoms with Gasteiger partial charge in [-0.05, 0) is 54.1 Å². The molecule has 0 bridgehead atoms. The second kappa shape index (κ2) is 16.2. The highest BCUT2D eigenvalue weighted by Gasteiger charge is 2.23. The van der Waals surface area contributed by atoms with Crippen LogP contribution in [0.3, 0.4) is 0 Å². The molecule has 12 nitrogen and oxygen atoms in total. The number of carboxylic acids is 1. The number of aliphatic carboxylic acids is 1. The monoisotopic (exact) mass is 638 g/mol. The minimum atomic E-state index is -1.01. The van der Waals surface area contributed by atoms with Crippen molar-refractivity contribution in [2.45, 2.75) is 6.42 Å². The van der Waals surface area contributed by atoms with E-state index in [0.717, 1.165) is 0 Å². The highest BCUT2D eigenvalue weighted by molar-refractivity contribution is 6.05. The zero-order valence-electron chi connectivity index (χ0n) is 25.8. The fourth-order valence-corrected chi connectivity index (χ4v) is 4.49. The van der Waals surface area contributed by atoms with Crippen LogP contribution in [0.2, 0.25) is 0 Å². The predicted molar refractivity (Wildman–Crippen MR) is 176 cm³/mol. The van der Waals surface area contributed by atoms with Crippen molar-refractivity contribution in [3.8, 4) is 11.5 Å². The number of anilines is 3. The Balaban J connectivity index is 1.48. The van der Waals surface area contributed by atoms with Crippen molar-refractivity contribution in [2.75, 3.05) is 49.0 Å². The molecule has 0 heterocycles. The molecule has 0 aliphatic heterocycles. The number of nitrogens with one attached hydrogen (secondary N) is 2. The Kier molecular flexibility index (Phi) is 11.6. The molecule has 0 saturated carbocycles. The van der Waals surface area contributed by atoms with Crippen LogP contribution in [0.5, 0.6) is 11.5 Å². The Morgan fingerprint density at radius 1 is 0.766 bits per heavy atom. The van der Waals surface area contributed by atoms with Gasteiger partial charge in [-0.2, -0.15) is 0 Å². The highest BCUT2D eigenvalue weighted by Crippen LogP contribution is 2.23. The average molecular weight is 639 g/mol. The van der Waals surface area contributed by atoms with Crippen LogP contribution in [0.25, 0.3) is 0 Å². The Hall–Kier alpha value is -6.17. The average Bonchev–Trinajstić information content (AvgIpc) is 3.08. The van der Waals surface area contributed by atoms with E-state index in [1.165, 1.54) is 29.0 Å². The maximum Gasteiger partial charge on any atom is 0.319 e. The van der Waals surface area contributed by atoms with E-state index < -0.39 is 30.4 Å². The molecule has 0 radical (unpaired) electrons. The van der Waals surface area contributed by atoms with Gasteiger partial charge in [0.1, 0.15) is 18.0 Å². The summed E-state index contributed by atoms with van der Waals surface area (Å²) in [5, 5.41) is 14.1. The first-order chi connectivity index (χ1) is 22.6. The zero-order valence-corrected chi connectivity index (χ0v) is 25.8. The van der Waals surface area contributed by atoms with Gasteiger partial charge in [0.15, 0.2) is 12.4 Å². The standard InChI is InChI=1S/C35H34N4O8/c1-38(27-12-4-3-5-13-27)33(42)22-39(32(41)21-36-35(45)37-26-11-6-9-24(17-26)18-34(43)44)28-14-8-16-30(20-28)47-23-31(40)25-10-7-15-29(19-25)46-2/h3-17,19-20H,18,21-23H2,1-2H3,(H,43,44)(H2,36,37,45). The number of rotatable bonds is 14. The molecule has 3 N–H and O–H groups in total. The summed E-state index contributed by atoms with van der Waals surface area (Å²) in [5.41, 5.74) is 2.18. The molecule has 47 heavy (non-hydrogen) atoms. The SMILES string of the molecule is COc1cccc(C(=O)COc2cccc(N(CC(=O)N(C)c3ccccc3)C(=O)CNC(=O)Nc3cccc(CC(=O)O)c3)c2)c1. The third kappa shape index (κ3) is 9.91. The lowest BCUT2D eigenvalue weighted by Gasteiger charge is -2.26. The molecule has 4 aromatic rings. The molecule has 0 fully saturated rings. The molecule has 0 aliphatic carbocycles. The number of ketones is 1. The summed E-state index contributed by atoms with van der Waals surface area (Å²) in [6, 6.07) is 27.6. The minimum absolute atomic E-state index is 0.214. The van der Waals surface area contributed by atoms with Gasteiger partial charge < -0.3 is 35.0 Å². The Bertz CT molecular complexity index is 1740. The van der Waals surface area contributed by atoms with Crippen LogP contribution < -0.4 is 29.9 Å². The minimum Gasteiger partial charge on any atom is -0.497 e. The number of ether oxygens (including phenoxy) is 2. The topological polar surface area (TPSA) is 155 Å². The summed E-state index contributed by atoms with van der Waals surface area (Å²) in [5.74, 6) is -1.48. The molecule has 0 unspecified atom stereocenters. The van der Waals surface area contributed by atoms with Gasteiger partial charge in [0, 0.05) is 35.7 Å². The van der Waals surface area contributed by atoms with Gasteiger partial charge in [0.2, 0.25) is 11.8 Å². The van der Waals surface area contributed by atoms with Crippen LogP contribution in [0.15, 0.2) is 103 Å².